The van der Waals surface area contributed by atoms with Gasteiger partial charge in [0.25, 0.3) is 5.24 Å². The second-order valence-electron chi connectivity index (χ2n) is 16.1. The van der Waals surface area contributed by atoms with Crippen LogP contribution in [0.5, 0.6) is 0 Å². The van der Waals surface area contributed by atoms with E-state index in [1.54, 1.807) is 0 Å². The fourth-order valence-electron chi connectivity index (χ4n) is 7.36. The molecule has 0 aliphatic carbocycles. The van der Waals surface area contributed by atoms with E-state index in [4.69, 9.17) is 9.47 Å². The average molecular weight is 767 g/mol. The molecule has 0 unspecified atom stereocenters. The lowest BCUT2D eigenvalue weighted by Gasteiger charge is -2.30. The van der Waals surface area contributed by atoms with Crippen LogP contribution in [0.2, 0.25) is 0 Å². The number of hydrogen-bond acceptors (Lipinski definition) is 7. The van der Waals surface area contributed by atoms with E-state index in [2.05, 4.69) is 39.6 Å². The summed E-state index contributed by atoms with van der Waals surface area (Å²) in [5, 5.41) is 0.400. The molecule has 0 saturated carbocycles. The Morgan fingerprint density at radius 2 is 0.887 bits per heavy atom. The summed E-state index contributed by atoms with van der Waals surface area (Å²) in [6, 6.07) is 0. The monoisotopic (exact) mass is 767 g/mol. The Morgan fingerprint density at radius 1 is 0.547 bits per heavy atom. The van der Waals surface area contributed by atoms with Crippen LogP contribution in [0.1, 0.15) is 220 Å². The number of likely N-dealkylation sites (tertiary alicyclic amines) is 1. The van der Waals surface area contributed by atoms with Crippen molar-refractivity contribution in [3.05, 3.63) is 0 Å². The normalized spacial score (nSPS) is 13.9. The van der Waals surface area contributed by atoms with Crippen molar-refractivity contribution in [2.45, 2.75) is 238 Å². The van der Waals surface area contributed by atoms with Crippen molar-refractivity contribution < 1.29 is 23.9 Å². The molecule has 53 heavy (non-hydrogen) atoms. The van der Waals surface area contributed by atoms with Crippen LogP contribution in [0, 0.1) is 0 Å². The zero-order valence-corrected chi connectivity index (χ0v) is 36.4. The van der Waals surface area contributed by atoms with E-state index >= 15 is 0 Å². The standard InChI is InChI=1S/C45H86N2O5S/c1-6-10-14-18-22-28-40(29-23-19-15-11-7-2)51-43(48)32-26-36-47(45(50)53-42-34-38-46(5)39-35-42)37-27-33-44(49)52-41(30-24-20-16-12-8-3)31-25-21-17-13-9-4/h40-42H,6-39H2,1-5H3. The number of amides is 1. The van der Waals surface area contributed by atoms with Gasteiger partial charge in [0.2, 0.25) is 0 Å². The van der Waals surface area contributed by atoms with E-state index in [1.165, 1.54) is 114 Å². The summed E-state index contributed by atoms with van der Waals surface area (Å²) in [6.45, 7) is 12.0. The number of rotatable bonds is 35. The van der Waals surface area contributed by atoms with Crippen molar-refractivity contribution >= 4 is 28.9 Å². The van der Waals surface area contributed by atoms with Gasteiger partial charge in [0, 0.05) is 31.2 Å². The number of ether oxygens (including phenoxy) is 2. The quantitative estimate of drug-likeness (QED) is 0.0469. The number of hydrogen-bond donors (Lipinski definition) is 0. The largest absolute Gasteiger partial charge is 0.462 e. The van der Waals surface area contributed by atoms with Crippen LogP contribution < -0.4 is 0 Å². The van der Waals surface area contributed by atoms with Crippen LogP contribution in [-0.4, -0.2) is 77.7 Å². The molecule has 1 aliphatic heterocycles. The van der Waals surface area contributed by atoms with Crippen molar-refractivity contribution in [1.29, 1.82) is 0 Å². The lowest BCUT2D eigenvalue weighted by Crippen LogP contribution is -2.35. The molecule has 0 atom stereocenters. The maximum absolute atomic E-state index is 13.6. The van der Waals surface area contributed by atoms with Crippen LogP contribution in [0.25, 0.3) is 0 Å². The highest BCUT2D eigenvalue weighted by Crippen LogP contribution is 2.26. The van der Waals surface area contributed by atoms with Gasteiger partial charge in [0.15, 0.2) is 0 Å². The van der Waals surface area contributed by atoms with Gasteiger partial charge < -0.3 is 19.3 Å². The van der Waals surface area contributed by atoms with E-state index in [0.717, 1.165) is 77.3 Å². The smallest absolute Gasteiger partial charge is 0.306 e. The van der Waals surface area contributed by atoms with Crippen LogP contribution in [0.4, 0.5) is 4.79 Å². The second-order valence-corrected chi connectivity index (χ2v) is 17.4. The highest BCUT2D eigenvalue weighted by molar-refractivity contribution is 8.14. The first-order valence-electron chi connectivity index (χ1n) is 22.9. The van der Waals surface area contributed by atoms with Gasteiger partial charge in [-0.2, -0.15) is 0 Å². The third kappa shape index (κ3) is 28.7. The zero-order chi connectivity index (χ0) is 38.8. The molecule has 0 radical (unpaired) electrons. The third-order valence-electron chi connectivity index (χ3n) is 10.9. The first kappa shape index (κ1) is 49.7. The molecule has 8 heteroatoms. The molecule has 0 N–H and O–H groups in total. The SMILES string of the molecule is CCCCCCCC(CCCCCCC)OC(=O)CCCN(CCCC(=O)OC(CCCCCCC)CCCCCCC)C(=O)SC1CCN(C)CC1. The summed E-state index contributed by atoms with van der Waals surface area (Å²) in [5.74, 6) is -0.266. The zero-order valence-electron chi connectivity index (χ0n) is 35.6. The highest BCUT2D eigenvalue weighted by atomic mass is 32.2. The first-order chi connectivity index (χ1) is 25.8. The molecule has 1 saturated heterocycles. The van der Waals surface area contributed by atoms with Crippen molar-refractivity contribution in [2.75, 3.05) is 33.2 Å². The summed E-state index contributed by atoms with van der Waals surface area (Å²) < 4.78 is 12.1. The Morgan fingerprint density at radius 3 is 1.23 bits per heavy atom. The summed E-state index contributed by atoms with van der Waals surface area (Å²) in [7, 11) is 2.14. The van der Waals surface area contributed by atoms with E-state index in [1.807, 2.05) is 4.90 Å². The first-order valence-corrected chi connectivity index (χ1v) is 23.7. The third-order valence-corrected chi connectivity index (χ3v) is 12.2. The van der Waals surface area contributed by atoms with E-state index < -0.39 is 0 Å². The fraction of sp³-hybridized carbons (Fsp3) is 0.933. The van der Waals surface area contributed by atoms with Crippen molar-refractivity contribution in [2.24, 2.45) is 0 Å². The second kappa shape index (κ2) is 35.2. The minimum absolute atomic E-state index is 0.00555. The lowest BCUT2D eigenvalue weighted by atomic mass is 10.0. The van der Waals surface area contributed by atoms with Crippen LogP contribution in [0.3, 0.4) is 0 Å². The molecule has 0 bridgehead atoms. The molecule has 312 valence electrons. The molecule has 1 aliphatic rings. The van der Waals surface area contributed by atoms with Crippen LogP contribution >= 0.6 is 11.8 Å². The predicted molar refractivity (Wildman–Crippen MR) is 227 cm³/mol. The predicted octanol–water partition coefficient (Wildman–Crippen LogP) is 13.1. The highest BCUT2D eigenvalue weighted by Gasteiger charge is 2.24. The Labute approximate surface area is 332 Å². The molecule has 0 aromatic carbocycles. The van der Waals surface area contributed by atoms with Gasteiger partial charge in [0.05, 0.1) is 0 Å². The van der Waals surface area contributed by atoms with Crippen LogP contribution in [-0.2, 0) is 19.1 Å². The molecule has 0 spiro atoms. The summed E-state index contributed by atoms with van der Waals surface area (Å²) in [5.41, 5.74) is 0. The molecule has 1 heterocycles. The molecular weight excluding hydrogens is 681 g/mol. The maximum Gasteiger partial charge on any atom is 0.306 e. The number of carbonyl (C=O) groups excluding carboxylic acids is 3. The summed E-state index contributed by atoms with van der Waals surface area (Å²) >= 11 is 1.46. The van der Waals surface area contributed by atoms with E-state index in [9.17, 15) is 14.4 Å². The molecule has 7 nitrogen and oxygen atoms in total. The number of thioether (sulfide) groups is 1. The van der Waals surface area contributed by atoms with Crippen molar-refractivity contribution in [1.82, 2.24) is 9.80 Å². The lowest BCUT2D eigenvalue weighted by molar-refractivity contribution is -0.150. The molecule has 1 rings (SSSR count). The molecule has 1 fully saturated rings. The van der Waals surface area contributed by atoms with E-state index in [0.29, 0.717) is 44.0 Å². The van der Waals surface area contributed by atoms with Gasteiger partial charge in [-0.3, -0.25) is 14.4 Å². The Balaban J connectivity index is 2.71. The number of piperidine rings is 1. The minimum atomic E-state index is -0.133. The van der Waals surface area contributed by atoms with Crippen LogP contribution in [0.15, 0.2) is 0 Å². The van der Waals surface area contributed by atoms with E-state index in [-0.39, 0.29) is 29.4 Å². The van der Waals surface area contributed by atoms with Gasteiger partial charge in [-0.1, -0.05) is 142 Å². The summed E-state index contributed by atoms with van der Waals surface area (Å²) in [6.07, 6.45) is 32.0. The van der Waals surface area contributed by atoms with Gasteiger partial charge >= 0.3 is 11.9 Å². The average Bonchev–Trinajstić information content (AvgIpc) is 3.14. The Kier molecular flexibility index (Phi) is 33.0. The molecule has 0 aromatic rings. The van der Waals surface area contributed by atoms with Gasteiger partial charge in [0.1, 0.15) is 12.2 Å². The molecule has 1 amide bonds. The van der Waals surface area contributed by atoms with Gasteiger partial charge in [-0.25, -0.2) is 0 Å². The van der Waals surface area contributed by atoms with Crippen molar-refractivity contribution in [3.63, 3.8) is 0 Å². The minimum Gasteiger partial charge on any atom is -0.462 e. The molecule has 0 aromatic heterocycles. The number of carbonyl (C=O) groups is 3. The van der Waals surface area contributed by atoms with Crippen molar-refractivity contribution in [3.8, 4) is 0 Å². The Hall–Kier alpha value is -1.28. The summed E-state index contributed by atoms with van der Waals surface area (Å²) in [4.78, 5) is 44.0. The van der Waals surface area contributed by atoms with Gasteiger partial charge in [-0.05, 0) is 97.2 Å². The molecular formula is C45H86N2O5S. The maximum atomic E-state index is 13.6. The topological polar surface area (TPSA) is 76.1 Å². The Bertz CT molecular complexity index is 801. The fourth-order valence-corrected chi connectivity index (χ4v) is 8.42. The van der Waals surface area contributed by atoms with Gasteiger partial charge in [-0.15, -0.1) is 0 Å². The number of unbranched alkanes of at least 4 members (excludes halogenated alkanes) is 16. The number of nitrogens with zero attached hydrogens (tertiary/aromatic N) is 2. The number of esters is 2.